The molecule has 0 spiro atoms. The number of carbonyl (C=O) groups is 1. The van der Waals surface area contributed by atoms with Gasteiger partial charge < -0.3 is 10.1 Å². The van der Waals surface area contributed by atoms with Crippen molar-refractivity contribution in [2.45, 2.75) is 12.5 Å². The van der Waals surface area contributed by atoms with E-state index in [1.54, 1.807) is 0 Å². The zero-order valence-corrected chi connectivity index (χ0v) is 6.69. The molecule has 4 atom stereocenters. The van der Waals surface area contributed by atoms with E-state index in [0.717, 1.165) is 6.54 Å². The highest BCUT2D eigenvalue weighted by atomic mass is 16.6. The van der Waals surface area contributed by atoms with Gasteiger partial charge in [0.2, 0.25) is 0 Å². The number of allylic oxidation sites excluding steroid dienone is 1. The molecule has 3 nitrogen and oxygen atoms in total. The Morgan fingerprint density at radius 1 is 1.42 bits per heavy atom. The number of fused-ring (bicyclic) bond motifs is 5. The first kappa shape index (κ1) is 6.52. The number of nitrogens with one attached hydrogen (secondary N) is 1. The maximum atomic E-state index is 10.9. The lowest BCUT2D eigenvalue weighted by atomic mass is 9.90. The summed E-state index contributed by atoms with van der Waals surface area (Å²) in [4.78, 5) is 10.9. The van der Waals surface area contributed by atoms with Crippen molar-refractivity contribution in [2.24, 2.45) is 17.8 Å². The molecule has 12 heavy (non-hydrogen) atoms. The van der Waals surface area contributed by atoms with Gasteiger partial charge >= 0.3 is 6.09 Å². The SMILES string of the molecule is O=C1NC[C@H]2[C@@H](O1)[C@@H]1C=C[C@H]2C1. The van der Waals surface area contributed by atoms with Crippen LogP contribution >= 0.6 is 0 Å². The lowest BCUT2D eigenvalue weighted by molar-refractivity contribution is 0.0306. The van der Waals surface area contributed by atoms with E-state index in [2.05, 4.69) is 17.5 Å². The van der Waals surface area contributed by atoms with Crippen LogP contribution in [-0.2, 0) is 4.74 Å². The van der Waals surface area contributed by atoms with E-state index < -0.39 is 0 Å². The summed E-state index contributed by atoms with van der Waals surface area (Å²) in [5.74, 6) is 1.70. The van der Waals surface area contributed by atoms with Crippen LogP contribution < -0.4 is 5.32 Å². The Morgan fingerprint density at radius 2 is 2.25 bits per heavy atom. The number of amides is 1. The van der Waals surface area contributed by atoms with Gasteiger partial charge in [0.05, 0.1) is 0 Å². The van der Waals surface area contributed by atoms with Crippen LogP contribution in [0.3, 0.4) is 0 Å². The standard InChI is InChI=1S/C9H11NO2/c11-9-10-4-7-5-1-2-6(3-5)8(7)12-9/h1-2,5-8H,3-4H2,(H,10,11)/t5-,6+,7+,8-/m0/s1. The zero-order valence-electron chi connectivity index (χ0n) is 6.69. The molecule has 2 aliphatic carbocycles. The summed E-state index contributed by atoms with van der Waals surface area (Å²) >= 11 is 0. The second-order valence-electron chi connectivity index (χ2n) is 3.86. The summed E-state index contributed by atoms with van der Waals surface area (Å²) in [5, 5.41) is 2.74. The number of hydrogen-bond donors (Lipinski definition) is 1. The summed E-state index contributed by atoms with van der Waals surface area (Å²) in [5.41, 5.74) is 0. The fourth-order valence-corrected chi connectivity index (χ4v) is 2.69. The minimum atomic E-state index is -0.239. The van der Waals surface area contributed by atoms with Crippen LogP contribution in [0.2, 0.25) is 0 Å². The normalized spacial score (nSPS) is 48.5. The number of hydrogen-bond acceptors (Lipinski definition) is 2. The van der Waals surface area contributed by atoms with Gasteiger partial charge in [-0.15, -0.1) is 0 Å². The Hall–Kier alpha value is -0.990. The first-order chi connectivity index (χ1) is 5.84. The molecule has 0 aromatic carbocycles. The van der Waals surface area contributed by atoms with Crippen LogP contribution in [0.1, 0.15) is 6.42 Å². The van der Waals surface area contributed by atoms with Crippen LogP contribution in [0, 0.1) is 17.8 Å². The molecule has 2 fully saturated rings. The van der Waals surface area contributed by atoms with Crippen molar-refractivity contribution in [3.05, 3.63) is 12.2 Å². The average molecular weight is 165 g/mol. The summed E-state index contributed by atoms with van der Waals surface area (Å²) < 4.78 is 5.24. The minimum absolute atomic E-state index is 0.175. The fourth-order valence-electron chi connectivity index (χ4n) is 2.69. The van der Waals surface area contributed by atoms with Crippen LogP contribution in [-0.4, -0.2) is 18.7 Å². The predicted octanol–water partition coefficient (Wildman–Crippen LogP) is 0.917. The van der Waals surface area contributed by atoms with Gasteiger partial charge in [-0.05, 0) is 12.3 Å². The molecule has 2 bridgehead atoms. The van der Waals surface area contributed by atoms with Gasteiger partial charge in [0.15, 0.2) is 0 Å². The molecular formula is C9H11NO2. The minimum Gasteiger partial charge on any atom is -0.445 e. The van der Waals surface area contributed by atoms with Gasteiger partial charge in [0.25, 0.3) is 0 Å². The molecule has 3 rings (SSSR count). The van der Waals surface area contributed by atoms with Gasteiger partial charge in [-0.25, -0.2) is 4.79 Å². The molecule has 0 radical (unpaired) electrons. The molecule has 3 aliphatic rings. The van der Waals surface area contributed by atoms with E-state index in [1.165, 1.54) is 6.42 Å². The first-order valence-corrected chi connectivity index (χ1v) is 4.47. The van der Waals surface area contributed by atoms with Crippen molar-refractivity contribution in [2.75, 3.05) is 6.54 Å². The van der Waals surface area contributed by atoms with Crippen molar-refractivity contribution in [1.82, 2.24) is 5.32 Å². The monoisotopic (exact) mass is 165 g/mol. The van der Waals surface area contributed by atoms with Gasteiger partial charge in [-0.3, -0.25) is 0 Å². The molecule has 1 saturated carbocycles. The average Bonchev–Trinajstić information content (AvgIpc) is 2.63. The number of rotatable bonds is 0. The van der Waals surface area contributed by atoms with Gasteiger partial charge in [0.1, 0.15) is 6.10 Å². The highest BCUT2D eigenvalue weighted by Gasteiger charge is 2.48. The van der Waals surface area contributed by atoms with E-state index in [0.29, 0.717) is 17.8 Å². The molecule has 1 N–H and O–H groups in total. The van der Waals surface area contributed by atoms with Crippen LogP contribution in [0.5, 0.6) is 0 Å². The third kappa shape index (κ3) is 0.687. The summed E-state index contributed by atoms with van der Waals surface area (Å²) in [7, 11) is 0. The van der Waals surface area contributed by atoms with E-state index in [1.807, 2.05) is 0 Å². The van der Waals surface area contributed by atoms with Crippen molar-refractivity contribution in [1.29, 1.82) is 0 Å². The maximum Gasteiger partial charge on any atom is 0.407 e. The zero-order chi connectivity index (χ0) is 8.13. The highest BCUT2D eigenvalue weighted by Crippen LogP contribution is 2.45. The number of carbonyl (C=O) groups excluding carboxylic acids is 1. The molecule has 0 aromatic heterocycles. The van der Waals surface area contributed by atoms with E-state index >= 15 is 0 Å². The van der Waals surface area contributed by atoms with Crippen molar-refractivity contribution in [3.8, 4) is 0 Å². The van der Waals surface area contributed by atoms with Crippen LogP contribution in [0.25, 0.3) is 0 Å². The summed E-state index contributed by atoms with van der Waals surface area (Å²) in [6.07, 6.45) is 5.59. The second kappa shape index (κ2) is 2.03. The van der Waals surface area contributed by atoms with Crippen LogP contribution in [0.15, 0.2) is 12.2 Å². The number of alkyl carbamates (subject to hydrolysis) is 1. The molecule has 1 amide bonds. The Bertz CT molecular complexity index is 261. The molecule has 64 valence electrons. The van der Waals surface area contributed by atoms with Gasteiger partial charge in [-0.1, -0.05) is 12.2 Å². The summed E-state index contributed by atoms with van der Waals surface area (Å²) in [6.45, 7) is 0.801. The van der Waals surface area contributed by atoms with Gasteiger partial charge in [0, 0.05) is 18.4 Å². The van der Waals surface area contributed by atoms with Crippen molar-refractivity contribution in [3.63, 3.8) is 0 Å². The molecular weight excluding hydrogens is 154 g/mol. The Balaban J connectivity index is 1.90. The second-order valence-corrected chi connectivity index (χ2v) is 3.86. The molecule has 1 saturated heterocycles. The third-order valence-corrected chi connectivity index (χ3v) is 3.27. The maximum absolute atomic E-state index is 10.9. The Morgan fingerprint density at radius 3 is 3.17 bits per heavy atom. The Kier molecular flexibility index (Phi) is 1.10. The van der Waals surface area contributed by atoms with Crippen molar-refractivity contribution >= 4 is 6.09 Å². The van der Waals surface area contributed by atoms with E-state index in [9.17, 15) is 4.79 Å². The molecule has 1 heterocycles. The summed E-state index contributed by atoms with van der Waals surface area (Å²) in [6, 6.07) is 0. The largest absolute Gasteiger partial charge is 0.445 e. The highest BCUT2D eigenvalue weighted by molar-refractivity contribution is 5.68. The quantitative estimate of drug-likeness (QED) is 0.542. The molecule has 0 aromatic rings. The van der Waals surface area contributed by atoms with E-state index in [-0.39, 0.29) is 12.2 Å². The lowest BCUT2D eigenvalue weighted by Gasteiger charge is -2.32. The molecule has 0 unspecified atom stereocenters. The third-order valence-electron chi connectivity index (χ3n) is 3.27. The lowest BCUT2D eigenvalue weighted by Crippen LogP contribution is -2.46. The fraction of sp³-hybridized carbons (Fsp3) is 0.667. The topological polar surface area (TPSA) is 38.3 Å². The van der Waals surface area contributed by atoms with E-state index in [4.69, 9.17) is 4.74 Å². The smallest absolute Gasteiger partial charge is 0.407 e. The van der Waals surface area contributed by atoms with Crippen LogP contribution in [0.4, 0.5) is 4.79 Å². The molecule has 1 aliphatic heterocycles. The molecule has 3 heteroatoms. The first-order valence-electron chi connectivity index (χ1n) is 4.47. The predicted molar refractivity (Wildman–Crippen MR) is 42.5 cm³/mol. The number of ether oxygens (including phenoxy) is 1. The Labute approximate surface area is 70.8 Å². The van der Waals surface area contributed by atoms with Crippen molar-refractivity contribution < 1.29 is 9.53 Å². The van der Waals surface area contributed by atoms with Gasteiger partial charge in [-0.2, -0.15) is 0 Å².